The Kier molecular flexibility index (Phi) is 2.06. The van der Waals surface area contributed by atoms with Crippen molar-refractivity contribution in [2.75, 3.05) is 0 Å². The number of nitrogens with zero attached hydrogens (tertiary/aromatic N) is 1. The number of aryl methyl sites for hydroxylation is 1. The Labute approximate surface area is 60.2 Å². The summed E-state index contributed by atoms with van der Waals surface area (Å²) in [5.41, 5.74) is 6.39. The van der Waals surface area contributed by atoms with Gasteiger partial charge in [0.2, 0.25) is 0 Å². The molecule has 0 saturated carbocycles. The van der Waals surface area contributed by atoms with Gasteiger partial charge in [-0.3, -0.25) is 0 Å². The lowest BCUT2D eigenvalue weighted by Gasteiger charge is -1.94. The molecule has 56 valence electrons. The standard InChI is InChI=1S/C7H12N2O/c1-3-7-9-6(4-10-7)5(2)8/h4-5H,3,8H2,1-2H3. The summed E-state index contributed by atoms with van der Waals surface area (Å²) in [4.78, 5) is 4.14. The van der Waals surface area contributed by atoms with Gasteiger partial charge in [0.15, 0.2) is 5.89 Å². The van der Waals surface area contributed by atoms with Crippen molar-refractivity contribution >= 4 is 0 Å². The quantitative estimate of drug-likeness (QED) is 0.672. The first-order valence-electron chi connectivity index (χ1n) is 3.44. The van der Waals surface area contributed by atoms with Gasteiger partial charge in [-0.1, -0.05) is 6.92 Å². The molecule has 1 unspecified atom stereocenters. The molecule has 2 N–H and O–H groups in total. The third-order valence-corrected chi connectivity index (χ3v) is 1.34. The van der Waals surface area contributed by atoms with Crippen LogP contribution in [0.2, 0.25) is 0 Å². The highest BCUT2D eigenvalue weighted by Gasteiger charge is 2.04. The van der Waals surface area contributed by atoms with Gasteiger partial charge in [-0.15, -0.1) is 0 Å². The van der Waals surface area contributed by atoms with Crippen molar-refractivity contribution in [1.82, 2.24) is 4.98 Å². The van der Waals surface area contributed by atoms with Crippen molar-refractivity contribution in [2.45, 2.75) is 26.3 Å². The summed E-state index contributed by atoms with van der Waals surface area (Å²) in [5, 5.41) is 0. The van der Waals surface area contributed by atoms with Crippen LogP contribution in [0.5, 0.6) is 0 Å². The van der Waals surface area contributed by atoms with Gasteiger partial charge in [0, 0.05) is 12.5 Å². The normalized spacial score (nSPS) is 13.5. The van der Waals surface area contributed by atoms with Crippen LogP contribution in [-0.4, -0.2) is 4.98 Å². The predicted octanol–water partition coefficient (Wildman–Crippen LogP) is 1.26. The highest BCUT2D eigenvalue weighted by molar-refractivity contribution is 5.00. The Bertz CT molecular complexity index is 205. The predicted molar refractivity (Wildman–Crippen MR) is 38.5 cm³/mol. The van der Waals surface area contributed by atoms with Gasteiger partial charge in [0.05, 0.1) is 5.69 Å². The molecule has 0 aliphatic carbocycles. The van der Waals surface area contributed by atoms with Crippen LogP contribution in [0.4, 0.5) is 0 Å². The highest BCUT2D eigenvalue weighted by Crippen LogP contribution is 2.08. The summed E-state index contributed by atoms with van der Waals surface area (Å²) in [6, 6.07) is -0.0240. The molecule has 0 saturated heterocycles. The Morgan fingerprint density at radius 2 is 2.50 bits per heavy atom. The fourth-order valence-electron chi connectivity index (χ4n) is 0.697. The van der Waals surface area contributed by atoms with E-state index in [9.17, 15) is 0 Å². The van der Waals surface area contributed by atoms with E-state index in [1.54, 1.807) is 6.26 Å². The lowest BCUT2D eigenvalue weighted by atomic mass is 10.3. The molecule has 3 nitrogen and oxygen atoms in total. The van der Waals surface area contributed by atoms with Crippen LogP contribution in [0.1, 0.15) is 31.5 Å². The van der Waals surface area contributed by atoms with E-state index in [4.69, 9.17) is 10.2 Å². The zero-order valence-corrected chi connectivity index (χ0v) is 6.29. The summed E-state index contributed by atoms with van der Waals surface area (Å²) in [5.74, 6) is 0.757. The highest BCUT2D eigenvalue weighted by atomic mass is 16.3. The minimum Gasteiger partial charge on any atom is -0.449 e. The smallest absolute Gasteiger partial charge is 0.193 e. The topological polar surface area (TPSA) is 52.0 Å². The molecule has 1 heterocycles. The molecule has 3 heteroatoms. The average Bonchev–Trinajstić information content (AvgIpc) is 2.34. The van der Waals surface area contributed by atoms with E-state index < -0.39 is 0 Å². The van der Waals surface area contributed by atoms with Gasteiger partial charge in [-0.25, -0.2) is 4.98 Å². The zero-order valence-electron chi connectivity index (χ0n) is 6.29. The van der Waals surface area contributed by atoms with Crippen molar-refractivity contribution < 1.29 is 4.42 Å². The molecule has 0 amide bonds. The van der Waals surface area contributed by atoms with Crippen LogP contribution >= 0.6 is 0 Å². The van der Waals surface area contributed by atoms with Crippen molar-refractivity contribution in [2.24, 2.45) is 5.73 Å². The van der Waals surface area contributed by atoms with Gasteiger partial charge in [0.25, 0.3) is 0 Å². The molecule has 0 bridgehead atoms. The van der Waals surface area contributed by atoms with E-state index >= 15 is 0 Å². The largest absolute Gasteiger partial charge is 0.449 e. The van der Waals surface area contributed by atoms with Crippen LogP contribution in [-0.2, 0) is 6.42 Å². The second-order valence-electron chi connectivity index (χ2n) is 2.31. The van der Waals surface area contributed by atoms with Crippen molar-refractivity contribution in [3.8, 4) is 0 Å². The molecule has 1 aromatic heterocycles. The molecule has 1 aromatic rings. The molecule has 0 fully saturated rings. The van der Waals surface area contributed by atoms with Crippen LogP contribution in [0.25, 0.3) is 0 Å². The van der Waals surface area contributed by atoms with E-state index in [1.165, 1.54) is 0 Å². The van der Waals surface area contributed by atoms with Gasteiger partial charge in [0.1, 0.15) is 6.26 Å². The second-order valence-corrected chi connectivity index (χ2v) is 2.31. The fraction of sp³-hybridized carbons (Fsp3) is 0.571. The third kappa shape index (κ3) is 1.36. The second kappa shape index (κ2) is 2.84. The number of hydrogen-bond donors (Lipinski definition) is 1. The number of aromatic nitrogens is 1. The van der Waals surface area contributed by atoms with Gasteiger partial charge in [-0.2, -0.15) is 0 Å². The number of rotatable bonds is 2. The Hall–Kier alpha value is -0.830. The summed E-state index contributed by atoms with van der Waals surface area (Å²) >= 11 is 0. The molecule has 1 rings (SSSR count). The van der Waals surface area contributed by atoms with E-state index in [2.05, 4.69) is 4.98 Å². The van der Waals surface area contributed by atoms with Crippen LogP contribution < -0.4 is 5.73 Å². The van der Waals surface area contributed by atoms with E-state index in [-0.39, 0.29) is 6.04 Å². The lowest BCUT2D eigenvalue weighted by Crippen LogP contribution is -2.04. The van der Waals surface area contributed by atoms with Crippen LogP contribution in [0, 0.1) is 0 Å². The first-order valence-corrected chi connectivity index (χ1v) is 3.44. The van der Waals surface area contributed by atoms with Gasteiger partial charge >= 0.3 is 0 Å². The maximum atomic E-state index is 5.56. The average molecular weight is 140 g/mol. The summed E-state index contributed by atoms with van der Waals surface area (Å²) in [7, 11) is 0. The van der Waals surface area contributed by atoms with E-state index in [0.29, 0.717) is 0 Å². The maximum absolute atomic E-state index is 5.56. The number of oxazole rings is 1. The Balaban J connectivity index is 2.78. The minimum atomic E-state index is -0.0240. The first-order chi connectivity index (χ1) is 4.74. The van der Waals surface area contributed by atoms with Crippen LogP contribution in [0.3, 0.4) is 0 Å². The Morgan fingerprint density at radius 3 is 2.80 bits per heavy atom. The summed E-state index contributed by atoms with van der Waals surface area (Å²) in [6.45, 7) is 3.88. The molecule has 0 aromatic carbocycles. The molecule has 0 spiro atoms. The van der Waals surface area contributed by atoms with Crippen molar-refractivity contribution in [3.63, 3.8) is 0 Å². The van der Waals surface area contributed by atoms with E-state index in [1.807, 2.05) is 13.8 Å². The molecule has 0 radical (unpaired) electrons. The lowest BCUT2D eigenvalue weighted by molar-refractivity contribution is 0.500. The number of nitrogens with two attached hydrogens (primary N) is 1. The van der Waals surface area contributed by atoms with Crippen molar-refractivity contribution in [1.29, 1.82) is 0 Å². The Morgan fingerprint density at radius 1 is 1.80 bits per heavy atom. The SMILES string of the molecule is CCc1nc(C(C)N)co1. The van der Waals surface area contributed by atoms with E-state index in [0.717, 1.165) is 18.0 Å². The molecule has 1 atom stereocenters. The summed E-state index contributed by atoms with van der Waals surface area (Å²) < 4.78 is 5.08. The fourth-order valence-corrected chi connectivity index (χ4v) is 0.697. The summed E-state index contributed by atoms with van der Waals surface area (Å²) in [6.07, 6.45) is 2.44. The van der Waals surface area contributed by atoms with Crippen molar-refractivity contribution in [3.05, 3.63) is 17.8 Å². The van der Waals surface area contributed by atoms with Gasteiger partial charge < -0.3 is 10.2 Å². The molecular weight excluding hydrogens is 128 g/mol. The minimum absolute atomic E-state index is 0.0240. The monoisotopic (exact) mass is 140 g/mol. The number of hydrogen-bond acceptors (Lipinski definition) is 3. The molecule has 0 aliphatic rings. The van der Waals surface area contributed by atoms with Crippen LogP contribution in [0.15, 0.2) is 10.7 Å². The molecular formula is C7H12N2O. The zero-order chi connectivity index (χ0) is 7.56. The molecule has 10 heavy (non-hydrogen) atoms. The third-order valence-electron chi connectivity index (χ3n) is 1.34. The maximum Gasteiger partial charge on any atom is 0.193 e. The van der Waals surface area contributed by atoms with Gasteiger partial charge in [-0.05, 0) is 6.92 Å². The molecule has 0 aliphatic heterocycles. The first kappa shape index (κ1) is 7.28.